The summed E-state index contributed by atoms with van der Waals surface area (Å²) in [4.78, 5) is 10.00. The van der Waals surface area contributed by atoms with E-state index in [9.17, 15) is 9.18 Å². The number of halogens is 1. The Balaban J connectivity index is 2.37. The molecule has 0 spiro atoms. The zero-order valence-electron chi connectivity index (χ0n) is 5.64. The van der Waals surface area contributed by atoms with Gasteiger partial charge in [0.05, 0.1) is 0 Å². The topological polar surface area (TPSA) is 29.1 Å². The molecular weight excluding hydrogens is 133 g/mol. The average molecular weight is 143 g/mol. The molecule has 0 aromatic heterocycles. The molecule has 1 N–H and O–H groups in total. The van der Waals surface area contributed by atoms with E-state index in [1.165, 1.54) is 6.08 Å². The highest BCUT2D eigenvalue weighted by molar-refractivity contribution is 5.50. The van der Waals surface area contributed by atoms with E-state index in [0.29, 0.717) is 6.42 Å². The Kier molecular flexibility index (Phi) is 2.42. The molecule has 1 unspecified atom stereocenters. The molecule has 2 nitrogen and oxygen atoms in total. The van der Waals surface area contributed by atoms with Crippen molar-refractivity contribution in [1.29, 1.82) is 0 Å². The Morgan fingerprint density at radius 2 is 2.70 bits per heavy atom. The van der Waals surface area contributed by atoms with Crippen LogP contribution in [0.25, 0.3) is 0 Å². The molecule has 1 aliphatic rings. The van der Waals surface area contributed by atoms with Crippen LogP contribution < -0.4 is 5.32 Å². The molecule has 0 saturated heterocycles. The predicted octanol–water partition coefficient (Wildman–Crippen LogP) is 1.14. The number of hydrogen-bond donors (Lipinski definition) is 1. The van der Waals surface area contributed by atoms with Crippen molar-refractivity contribution in [2.75, 3.05) is 0 Å². The van der Waals surface area contributed by atoms with Crippen molar-refractivity contribution in [1.82, 2.24) is 5.32 Å². The van der Waals surface area contributed by atoms with E-state index in [0.717, 1.165) is 19.1 Å². The molecule has 0 radical (unpaired) electrons. The summed E-state index contributed by atoms with van der Waals surface area (Å²) in [6.07, 6.45) is 4.31. The van der Waals surface area contributed by atoms with Gasteiger partial charge < -0.3 is 10.1 Å². The highest BCUT2D eigenvalue weighted by Crippen LogP contribution is 2.11. The zero-order valence-corrected chi connectivity index (χ0v) is 5.64. The third kappa shape index (κ3) is 1.83. The van der Waals surface area contributed by atoms with Crippen LogP contribution in [-0.4, -0.2) is 12.3 Å². The van der Waals surface area contributed by atoms with Crippen LogP contribution in [0.4, 0.5) is 4.39 Å². The van der Waals surface area contributed by atoms with E-state index in [4.69, 9.17) is 0 Å². The summed E-state index contributed by atoms with van der Waals surface area (Å²) in [5.41, 5.74) is 0. The summed E-state index contributed by atoms with van der Waals surface area (Å²) in [5.74, 6) is -0.293. The standard InChI is InChI=1S/C7H10FNO/c8-7-3-1-2-6(9-7)4-5-10/h3,5-6,9H,1-2,4H2. The second-order valence-corrected chi connectivity index (χ2v) is 2.37. The van der Waals surface area contributed by atoms with Crippen molar-refractivity contribution in [3.63, 3.8) is 0 Å². The lowest BCUT2D eigenvalue weighted by Crippen LogP contribution is -2.29. The zero-order chi connectivity index (χ0) is 7.40. The van der Waals surface area contributed by atoms with Crippen molar-refractivity contribution in [2.24, 2.45) is 0 Å². The van der Waals surface area contributed by atoms with Gasteiger partial charge in [-0.15, -0.1) is 0 Å². The van der Waals surface area contributed by atoms with E-state index < -0.39 is 0 Å². The smallest absolute Gasteiger partial charge is 0.183 e. The molecule has 56 valence electrons. The van der Waals surface area contributed by atoms with Gasteiger partial charge in [-0.3, -0.25) is 0 Å². The van der Waals surface area contributed by atoms with Gasteiger partial charge in [-0.1, -0.05) is 0 Å². The maximum Gasteiger partial charge on any atom is 0.183 e. The Bertz CT molecular complexity index is 156. The van der Waals surface area contributed by atoms with Crippen molar-refractivity contribution in [3.05, 3.63) is 12.0 Å². The predicted molar refractivity (Wildman–Crippen MR) is 36.0 cm³/mol. The van der Waals surface area contributed by atoms with Gasteiger partial charge in [0.2, 0.25) is 0 Å². The lowest BCUT2D eigenvalue weighted by Gasteiger charge is -2.18. The minimum Gasteiger partial charge on any atom is -0.359 e. The number of carbonyl (C=O) groups is 1. The van der Waals surface area contributed by atoms with Crippen molar-refractivity contribution in [2.45, 2.75) is 25.3 Å². The Hall–Kier alpha value is -0.860. The molecule has 0 aromatic carbocycles. The van der Waals surface area contributed by atoms with Gasteiger partial charge in [0, 0.05) is 12.5 Å². The molecule has 0 aromatic rings. The van der Waals surface area contributed by atoms with E-state index >= 15 is 0 Å². The summed E-state index contributed by atoms with van der Waals surface area (Å²) < 4.78 is 12.4. The number of allylic oxidation sites excluding steroid dienone is 1. The van der Waals surface area contributed by atoms with Gasteiger partial charge in [-0.2, -0.15) is 4.39 Å². The Morgan fingerprint density at radius 3 is 3.30 bits per heavy atom. The molecule has 1 atom stereocenters. The second-order valence-electron chi connectivity index (χ2n) is 2.37. The van der Waals surface area contributed by atoms with E-state index in [1.54, 1.807) is 0 Å². The first-order chi connectivity index (χ1) is 4.83. The molecule has 0 fully saturated rings. The van der Waals surface area contributed by atoms with Gasteiger partial charge in [0.15, 0.2) is 5.95 Å². The quantitative estimate of drug-likeness (QED) is 0.464. The first-order valence-electron chi connectivity index (χ1n) is 3.39. The SMILES string of the molecule is O=CCC1CCC=C(F)N1. The van der Waals surface area contributed by atoms with Crippen LogP contribution in [0.2, 0.25) is 0 Å². The highest BCUT2D eigenvalue weighted by atomic mass is 19.1. The highest BCUT2D eigenvalue weighted by Gasteiger charge is 2.12. The fourth-order valence-electron chi connectivity index (χ4n) is 1.03. The van der Waals surface area contributed by atoms with Crippen LogP contribution >= 0.6 is 0 Å². The largest absolute Gasteiger partial charge is 0.359 e. The Morgan fingerprint density at radius 1 is 1.90 bits per heavy atom. The maximum absolute atomic E-state index is 12.4. The normalized spacial score (nSPS) is 24.9. The van der Waals surface area contributed by atoms with Crippen molar-refractivity contribution < 1.29 is 9.18 Å². The molecule has 1 heterocycles. The molecule has 0 amide bonds. The third-order valence-corrected chi connectivity index (χ3v) is 1.56. The fourth-order valence-corrected chi connectivity index (χ4v) is 1.03. The second kappa shape index (κ2) is 3.34. The third-order valence-electron chi connectivity index (χ3n) is 1.56. The van der Waals surface area contributed by atoms with Crippen LogP contribution in [0.15, 0.2) is 12.0 Å². The van der Waals surface area contributed by atoms with Crippen LogP contribution in [-0.2, 0) is 4.79 Å². The summed E-state index contributed by atoms with van der Waals surface area (Å²) in [7, 11) is 0. The first kappa shape index (κ1) is 7.25. The van der Waals surface area contributed by atoms with Gasteiger partial charge in [0.25, 0.3) is 0 Å². The van der Waals surface area contributed by atoms with Crippen LogP contribution in [0.1, 0.15) is 19.3 Å². The summed E-state index contributed by atoms with van der Waals surface area (Å²) in [6.45, 7) is 0. The fraction of sp³-hybridized carbons (Fsp3) is 0.571. The van der Waals surface area contributed by atoms with Gasteiger partial charge in [-0.25, -0.2) is 0 Å². The summed E-state index contributed by atoms with van der Waals surface area (Å²) in [6, 6.07) is 0.0162. The average Bonchev–Trinajstić information content (AvgIpc) is 1.88. The minimum absolute atomic E-state index is 0.0162. The van der Waals surface area contributed by atoms with Crippen LogP contribution in [0.5, 0.6) is 0 Å². The Labute approximate surface area is 59.1 Å². The molecular formula is C7H10FNO. The van der Waals surface area contributed by atoms with Crippen molar-refractivity contribution in [3.8, 4) is 0 Å². The summed E-state index contributed by atoms with van der Waals surface area (Å²) in [5, 5.41) is 2.58. The molecule has 3 heteroatoms. The molecule has 0 saturated carbocycles. The number of nitrogens with one attached hydrogen (secondary N) is 1. The van der Waals surface area contributed by atoms with Crippen LogP contribution in [0.3, 0.4) is 0 Å². The molecule has 0 aliphatic carbocycles. The number of carbonyl (C=O) groups excluding carboxylic acids is 1. The van der Waals surface area contributed by atoms with Gasteiger partial charge in [-0.05, 0) is 18.9 Å². The molecule has 1 rings (SSSR count). The van der Waals surface area contributed by atoms with Crippen molar-refractivity contribution >= 4 is 6.29 Å². The van der Waals surface area contributed by atoms with Crippen LogP contribution in [0, 0.1) is 0 Å². The number of rotatable bonds is 2. The number of aldehydes is 1. The van der Waals surface area contributed by atoms with Gasteiger partial charge >= 0.3 is 0 Å². The van der Waals surface area contributed by atoms with E-state index in [2.05, 4.69) is 5.32 Å². The maximum atomic E-state index is 12.4. The number of hydrogen-bond acceptors (Lipinski definition) is 2. The lowest BCUT2D eigenvalue weighted by molar-refractivity contribution is -0.108. The summed E-state index contributed by atoms with van der Waals surface area (Å²) >= 11 is 0. The first-order valence-corrected chi connectivity index (χ1v) is 3.39. The monoisotopic (exact) mass is 143 g/mol. The molecule has 10 heavy (non-hydrogen) atoms. The van der Waals surface area contributed by atoms with E-state index in [1.807, 2.05) is 0 Å². The molecule has 1 aliphatic heterocycles. The van der Waals surface area contributed by atoms with E-state index in [-0.39, 0.29) is 12.0 Å². The minimum atomic E-state index is -0.293. The molecule has 0 bridgehead atoms. The van der Waals surface area contributed by atoms with Gasteiger partial charge in [0.1, 0.15) is 6.29 Å². The lowest BCUT2D eigenvalue weighted by atomic mass is 10.1.